The van der Waals surface area contributed by atoms with Gasteiger partial charge in [-0.1, -0.05) is 0 Å². The van der Waals surface area contributed by atoms with Gasteiger partial charge < -0.3 is 4.79 Å². The second-order valence-corrected chi connectivity index (χ2v) is 2.94. The van der Waals surface area contributed by atoms with Crippen molar-refractivity contribution in [2.24, 2.45) is 5.41 Å². The van der Waals surface area contributed by atoms with Gasteiger partial charge in [0.25, 0.3) is 0 Å². The first-order chi connectivity index (χ1) is 6.00. The molecule has 0 spiro atoms. The summed E-state index contributed by atoms with van der Waals surface area (Å²) in [6.45, 7) is 1.30. The second-order valence-electron chi connectivity index (χ2n) is 2.94. The van der Waals surface area contributed by atoms with Crippen LogP contribution in [0.5, 0.6) is 0 Å². The number of rotatable bonds is 2. The molecule has 0 aromatic carbocycles. The molecule has 0 atom stereocenters. The number of barbiturate groups is 1. The van der Waals surface area contributed by atoms with E-state index in [0.29, 0.717) is 6.29 Å². The molecule has 6 nitrogen and oxygen atoms in total. The van der Waals surface area contributed by atoms with E-state index >= 15 is 0 Å². The Bertz CT molecular complexity index is 277. The molecule has 1 saturated heterocycles. The number of hydrogen-bond acceptors (Lipinski definition) is 4. The number of carbonyl (C=O) groups is 4. The molecule has 0 radical (unpaired) electrons. The Morgan fingerprint density at radius 1 is 1.23 bits per heavy atom. The van der Waals surface area contributed by atoms with Crippen molar-refractivity contribution in [2.45, 2.75) is 13.3 Å². The summed E-state index contributed by atoms with van der Waals surface area (Å²) in [5.74, 6) is -1.48. The molecule has 70 valence electrons. The smallest absolute Gasteiger partial charge is 0.303 e. The summed E-state index contributed by atoms with van der Waals surface area (Å²) in [5, 5.41) is 3.83. The van der Waals surface area contributed by atoms with Crippen molar-refractivity contribution < 1.29 is 19.2 Å². The molecule has 0 saturated carbocycles. The fourth-order valence-electron chi connectivity index (χ4n) is 0.969. The maximum absolute atomic E-state index is 11.2. The standard InChI is InChI=1S/C7H8N2O4/c1-7(2-3-10)4(11)8-6(13)9-5(7)12/h3H,2H2,1H3,(H2,8,9,11,12,13). The Morgan fingerprint density at radius 2 is 1.69 bits per heavy atom. The van der Waals surface area contributed by atoms with Crippen LogP contribution in [0.25, 0.3) is 0 Å². The Balaban J connectivity index is 2.95. The monoisotopic (exact) mass is 184 g/mol. The van der Waals surface area contributed by atoms with Gasteiger partial charge in [0.1, 0.15) is 11.7 Å². The van der Waals surface area contributed by atoms with Gasteiger partial charge in [-0.15, -0.1) is 0 Å². The summed E-state index contributed by atoms with van der Waals surface area (Å²) in [4.78, 5) is 43.2. The Hall–Kier alpha value is -1.72. The highest BCUT2D eigenvalue weighted by molar-refractivity contribution is 6.19. The predicted octanol–water partition coefficient (Wildman–Crippen LogP) is -1.05. The van der Waals surface area contributed by atoms with Gasteiger partial charge in [0.2, 0.25) is 11.8 Å². The van der Waals surface area contributed by atoms with Crippen LogP contribution in [0.4, 0.5) is 4.79 Å². The van der Waals surface area contributed by atoms with Gasteiger partial charge in [-0.05, 0) is 6.92 Å². The van der Waals surface area contributed by atoms with Gasteiger partial charge in [0.05, 0.1) is 0 Å². The van der Waals surface area contributed by atoms with E-state index in [1.165, 1.54) is 6.92 Å². The Morgan fingerprint density at radius 3 is 2.08 bits per heavy atom. The topological polar surface area (TPSA) is 92.3 Å². The zero-order valence-corrected chi connectivity index (χ0v) is 6.92. The SMILES string of the molecule is CC1(CC=O)C(=O)NC(=O)NC1=O. The summed E-state index contributed by atoms with van der Waals surface area (Å²) in [7, 11) is 0. The van der Waals surface area contributed by atoms with Crippen molar-refractivity contribution in [1.29, 1.82) is 0 Å². The van der Waals surface area contributed by atoms with Crippen molar-refractivity contribution in [1.82, 2.24) is 10.6 Å². The molecule has 0 aromatic rings. The normalized spacial score (nSPS) is 20.5. The lowest BCUT2D eigenvalue weighted by atomic mass is 9.84. The number of aldehydes is 1. The van der Waals surface area contributed by atoms with E-state index in [0.717, 1.165) is 0 Å². The van der Waals surface area contributed by atoms with E-state index in [1.807, 2.05) is 10.6 Å². The first kappa shape index (κ1) is 9.37. The number of carbonyl (C=O) groups excluding carboxylic acids is 4. The molecular formula is C7H8N2O4. The van der Waals surface area contributed by atoms with E-state index < -0.39 is 23.3 Å². The van der Waals surface area contributed by atoms with Gasteiger partial charge >= 0.3 is 6.03 Å². The second kappa shape index (κ2) is 2.96. The van der Waals surface area contributed by atoms with Crippen molar-refractivity contribution in [3.05, 3.63) is 0 Å². The van der Waals surface area contributed by atoms with Crippen molar-refractivity contribution in [2.75, 3.05) is 0 Å². The van der Waals surface area contributed by atoms with Crippen LogP contribution in [0.3, 0.4) is 0 Å². The van der Waals surface area contributed by atoms with Gasteiger partial charge in [-0.25, -0.2) is 4.79 Å². The van der Waals surface area contributed by atoms with Crippen LogP contribution < -0.4 is 10.6 Å². The van der Waals surface area contributed by atoms with Gasteiger partial charge in [0.15, 0.2) is 0 Å². The highest BCUT2D eigenvalue weighted by Crippen LogP contribution is 2.22. The molecule has 1 fully saturated rings. The molecular weight excluding hydrogens is 176 g/mol. The molecule has 1 rings (SSSR count). The fourth-order valence-corrected chi connectivity index (χ4v) is 0.969. The van der Waals surface area contributed by atoms with Crippen LogP contribution >= 0.6 is 0 Å². The van der Waals surface area contributed by atoms with Crippen molar-refractivity contribution in [3.63, 3.8) is 0 Å². The average molecular weight is 184 g/mol. The van der Waals surface area contributed by atoms with E-state index in [9.17, 15) is 19.2 Å². The summed E-state index contributed by atoms with van der Waals surface area (Å²) in [5.41, 5.74) is -1.46. The highest BCUT2D eigenvalue weighted by Gasteiger charge is 2.45. The molecule has 1 aliphatic heterocycles. The lowest BCUT2D eigenvalue weighted by Crippen LogP contribution is -2.61. The van der Waals surface area contributed by atoms with Crippen LogP contribution in [0.1, 0.15) is 13.3 Å². The molecule has 0 aliphatic carbocycles. The Labute approximate surface area is 73.7 Å². The lowest BCUT2D eigenvalue weighted by molar-refractivity contribution is -0.145. The lowest BCUT2D eigenvalue weighted by Gasteiger charge is -2.28. The third-order valence-corrected chi connectivity index (χ3v) is 1.95. The third kappa shape index (κ3) is 1.42. The summed E-state index contributed by atoms with van der Waals surface area (Å²) < 4.78 is 0. The molecule has 0 unspecified atom stereocenters. The van der Waals surface area contributed by atoms with E-state index in [-0.39, 0.29) is 6.42 Å². The summed E-state index contributed by atoms with van der Waals surface area (Å²) in [6, 6.07) is -0.849. The third-order valence-electron chi connectivity index (χ3n) is 1.95. The van der Waals surface area contributed by atoms with Crippen LogP contribution in [0.2, 0.25) is 0 Å². The number of nitrogens with one attached hydrogen (secondary N) is 2. The number of amides is 4. The van der Waals surface area contributed by atoms with E-state index in [4.69, 9.17) is 0 Å². The quantitative estimate of drug-likeness (QED) is 0.423. The average Bonchev–Trinajstić information content (AvgIpc) is 2.01. The van der Waals surface area contributed by atoms with Crippen LogP contribution in [0, 0.1) is 5.41 Å². The minimum Gasteiger partial charge on any atom is -0.303 e. The molecule has 0 aromatic heterocycles. The molecule has 4 amide bonds. The number of imide groups is 2. The number of urea groups is 1. The van der Waals surface area contributed by atoms with Crippen LogP contribution in [0.15, 0.2) is 0 Å². The molecule has 13 heavy (non-hydrogen) atoms. The largest absolute Gasteiger partial charge is 0.328 e. The molecule has 6 heteroatoms. The summed E-state index contributed by atoms with van der Waals surface area (Å²) >= 11 is 0. The van der Waals surface area contributed by atoms with Crippen molar-refractivity contribution >= 4 is 24.1 Å². The van der Waals surface area contributed by atoms with Crippen molar-refractivity contribution in [3.8, 4) is 0 Å². The maximum Gasteiger partial charge on any atom is 0.328 e. The van der Waals surface area contributed by atoms with Crippen LogP contribution in [-0.2, 0) is 14.4 Å². The van der Waals surface area contributed by atoms with E-state index in [1.54, 1.807) is 0 Å². The molecule has 0 bridgehead atoms. The zero-order valence-electron chi connectivity index (χ0n) is 6.92. The minimum atomic E-state index is -1.46. The molecule has 2 N–H and O–H groups in total. The van der Waals surface area contributed by atoms with Gasteiger partial charge in [0, 0.05) is 6.42 Å². The number of hydrogen-bond donors (Lipinski definition) is 2. The van der Waals surface area contributed by atoms with Crippen LogP contribution in [-0.4, -0.2) is 24.1 Å². The van der Waals surface area contributed by atoms with Gasteiger partial charge in [-0.3, -0.25) is 20.2 Å². The highest BCUT2D eigenvalue weighted by atomic mass is 16.2. The first-order valence-corrected chi connectivity index (χ1v) is 3.61. The fraction of sp³-hybridized carbons (Fsp3) is 0.429. The van der Waals surface area contributed by atoms with Gasteiger partial charge in [-0.2, -0.15) is 0 Å². The molecule has 1 heterocycles. The minimum absolute atomic E-state index is 0.238. The van der Waals surface area contributed by atoms with E-state index in [2.05, 4.69) is 0 Å². The Kier molecular flexibility index (Phi) is 2.14. The zero-order chi connectivity index (χ0) is 10.1. The summed E-state index contributed by atoms with van der Waals surface area (Å²) in [6.07, 6.45) is 0.229. The predicted molar refractivity (Wildman–Crippen MR) is 40.5 cm³/mol. The first-order valence-electron chi connectivity index (χ1n) is 3.61. The maximum atomic E-state index is 11.2. The molecule has 1 aliphatic rings.